The molecule has 0 N–H and O–H groups in total. The molecule has 1 fully saturated rings. The van der Waals surface area contributed by atoms with Gasteiger partial charge in [-0.2, -0.15) is 0 Å². The lowest BCUT2D eigenvalue weighted by Gasteiger charge is -2.13. The van der Waals surface area contributed by atoms with Crippen molar-refractivity contribution in [2.45, 2.75) is 6.92 Å². The molecule has 6 heteroatoms. The monoisotopic (exact) mass is 283 g/mol. The van der Waals surface area contributed by atoms with Crippen molar-refractivity contribution < 1.29 is 13.9 Å². The molecule has 94 valence electrons. The second-order valence-electron chi connectivity index (χ2n) is 3.42. The van der Waals surface area contributed by atoms with E-state index in [1.54, 1.807) is 0 Å². The van der Waals surface area contributed by atoms with Gasteiger partial charge in [-0.15, -0.1) is 0 Å². The second kappa shape index (κ2) is 5.49. The molecule has 1 saturated heterocycles. The average molecular weight is 283 g/mol. The Balaban J connectivity index is 2.27. The standard InChI is InChI=1S/C12H10FNO2S2/c1-2-16-7-10-11(15)14(12(17)18-10)9-5-3-8(13)4-6-9/h3-7H,2H2,1H3/b10-7+. The topological polar surface area (TPSA) is 29.5 Å². The summed E-state index contributed by atoms with van der Waals surface area (Å²) in [6.45, 7) is 2.32. The van der Waals surface area contributed by atoms with Gasteiger partial charge in [-0.3, -0.25) is 9.69 Å². The molecule has 0 spiro atoms. The first-order valence-corrected chi connectivity index (χ1v) is 6.49. The number of carbonyl (C=O) groups excluding carboxylic acids is 1. The van der Waals surface area contributed by atoms with Crippen LogP contribution in [-0.2, 0) is 9.53 Å². The number of carbonyl (C=O) groups is 1. The van der Waals surface area contributed by atoms with Crippen LogP contribution in [0, 0.1) is 5.82 Å². The number of amides is 1. The molecular formula is C12H10FNO2S2. The van der Waals surface area contributed by atoms with E-state index in [1.165, 1.54) is 47.2 Å². The van der Waals surface area contributed by atoms with E-state index in [9.17, 15) is 9.18 Å². The van der Waals surface area contributed by atoms with Crippen molar-refractivity contribution in [1.29, 1.82) is 0 Å². The number of benzene rings is 1. The minimum absolute atomic E-state index is 0.245. The normalized spacial score (nSPS) is 17.7. The molecule has 1 aromatic carbocycles. The highest BCUT2D eigenvalue weighted by molar-refractivity contribution is 8.27. The van der Waals surface area contributed by atoms with Crippen molar-refractivity contribution in [3.63, 3.8) is 0 Å². The van der Waals surface area contributed by atoms with E-state index in [0.29, 0.717) is 21.5 Å². The molecule has 0 atom stereocenters. The largest absolute Gasteiger partial charge is 0.500 e. The van der Waals surface area contributed by atoms with Gasteiger partial charge in [0, 0.05) is 0 Å². The van der Waals surface area contributed by atoms with Crippen molar-refractivity contribution in [3.05, 3.63) is 41.2 Å². The van der Waals surface area contributed by atoms with Crippen LogP contribution in [0.25, 0.3) is 0 Å². The average Bonchev–Trinajstić information content (AvgIpc) is 2.63. The predicted molar refractivity (Wildman–Crippen MR) is 73.8 cm³/mol. The number of hydrogen-bond acceptors (Lipinski definition) is 4. The van der Waals surface area contributed by atoms with Gasteiger partial charge in [-0.25, -0.2) is 4.39 Å². The smallest absolute Gasteiger partial charge is 0.273 e. The summed E-state index contributed by atoms with van der Waals surface area (Å²) in [7, 11) is 0. The first kappa shape index (κ1) is 13.0. The van der Waals surface area contributed by atoms with Gasteiger partial charge < -0.3 is 4.74 Å². The van der Waals surface area contributed by atoms with Gasteiger partial charge >= 0.3 is 0 Å². The molecule has 1 heterocycles. The third kappa shape index (κ3) is 2.54. The van der Waals surface area contributed by atoms with E-state index in [1.807, 2.05) is 6.92 Å². The molecule has 0 unspecified atom stereocenters. The minimum Gasteiger partial charge on any atom is -0.500 e. The van der Waals surface area contributed by atoms with Gasteiger partial charge in [0.1, 0.15) is 17.0 Å². The van der Waals surface area contributed by atoms with Crippen LogP contribution in [-0.4, -0.2) is 16.8 Å². The quantitative estimate of drug-likeness (QED) is 0.484. The van der Waals surface area contributed by atoms with E-state index >= 15 is 0 Å². The van der Waals surface area contributed by atoms with Crippen LogP contribution in [0.1, 0.15) is 6.92 Å². The summed E-state index contributed by atoms with van der Waals surface area (Å²) in [5.74, 6) is -0.598. The van der Waals surface area contributed by atoms with Crippen molar-refractivity contribution in [1.82, 2.24) is 0 Å². The molecule has 0 saturated carbocycles. The van der Waals surface area contributed by atoms with Crippen LogP contribution in [0.15, 0.2) is 35.4 Å². The zero-order valence-corrected chi connectivity index (χ0v) is 11.2. The van der Waals surface area contributed by atoms with Crippen molar-refractivity contribution in [2.75, 3.05) is 11.5 Å². The SMILES string of the molecule is CCO/C=C1/SC(=S)N(c2ccc(F)cc2)C1=O. The number of anilines is 1. The first-order chi connectivity index (χ1) is 8.63. The summed E-state index contributed by atoms with van der Waals surface area (Å²) in [6, 6.07) is 5.62. The highest BCUT2D eigenvalue weighted by Gasteiger charge is 2.33. The zero-order valence-electron chi connectivity index (χ0n) is 9.55. The maximum absolute atomic E-state index is 12.8. The summed E-state index contributed by atoms with van der Waals surface area (Å²) >= 11 is 6.31. The highest BCUT2D eigenvalue weighted by Crippen LogP contribution is 2.34. The third-order valence-corrected chi connectivity index (χ3v) is 3.52. The van der Waals surface area contributed by atoms with Gasteiger partial charge in [0.25, 0.3) is 5.91 Å². The Bertz CT molecular complexity index is 513. The Labute approximate surface area is 114 Å². The fraction of sp³-hybridized carbons (Fsp3) is 0.167. The van der Waals surface area contributed by atoms with Crippen LogP contribution in [0.3, 0.4) is 0 Å². The van der Waals surface area contributed by atoms with Gasteiger partial charge in [0.2, 0.25) is 0 Å². The van der Waals surface area contributed by atoms with Crippen LogP contribution in [0.5, 0.6) is 0 Å². The number of hydrogen-bond donors (Lipinski definition) is 0. The summed E-state index contributed by atoms with van der Waals surface area (Å²) in [4.78, 5) is 13.9. The summed E-state index contributed by atoms with van der Waals surface area (Å²) in [6.07, 6.45) is 1.41. The number of nitrogens with zero attached hydrogens (tertiary/aromatic N) is 1. The van der Waals surface area contributed by atoms with Gasteiger partial charge in [0.05, 0.1) is 12.3 Å². The second-order valence-corrected chi connectivity index (χ2v) is 5.10. The highest BCUT2D eigenvalue weighted by atomic mass is 32.2. The van der Waals surface area contributed by atoms with Crippen LogP contribution in [0.4, 0.5) is 10.1 Å². The number of thiocarbonyl (C=S) groups is 1. The summed E-state index contributed by atoms with van der Waals surface area (Å²) in [5.41, 5.74) is 0.554. The number of halogens is 1. The maximum Gasteiger partial charge on any atom is 0.273 e. The molecular weight excluding hydrogens is 273 g/mol. The van der Waals surface area contributed by atoms with Crippen molar-refractivity contribution in [2.24, 2.45) is 0 Å². The molecule has 18 heavy (non-hydrogen) atoms. The minimum atomic E-state index is -0.353. The van der Waals surface area contributed by atoms with E-state index in [0.717, 1.165) is 0 Å². The molecule has 1 amide bonds. The van der Waals surface area contributed by atoms with Gasteiger partial charge in [-0.1, -0.05) is 24.0 Å². The lowest BCUT2D eigenvalue weighted by molar-refractivity contribution is -0.113. The Hall–Kier alpha value is -1.40. The molecule has 3 nitrogen and oxygen atoms in total. The molecule has 0 bridgehead atoms. The molecule has 0 aliphatic carbocycles. The molecule has 0 radical (unpaired) electrons. The van der Waals surface area contributed by atoms with Crippen molar-refractivity contribution in [3.8, 4) is 0 Å². The van der Waals surface area contributed by atoms with E-state index in [-0.39, 0.29) is 11.7 Å². The number of ether oxygens (including phenoxy) is 1. The molecule has 0 aromatic heterocycles. The lowest BCUT2D eigenvalue weighted by atomic mass is 10.3. The lowest BCUT2D eigenvalue weighted by Crippen LogP contribution is -2.27. The van der Waals surface area contributed by atoms with Crippen LogP contribution >= 0.6 is 24.0 Å². The predicted octanol–water partition coefficient (Wildman–Crippen LogP) is 3.07. The number of thioether (sulfide) groups is 1. The van der Waals surface area contributed by atoms with Crippen LogP contribution in [0.2, 0.25) is 0 Å². The van der Waals surface area contributed by atoms with E-state index < -0.39 is 0 Å². The molecule has 1 aromatic rings. The Morgan fingerprint density at radius 3 is 2.72 bits per heavy atom. The number of rotatable bonds is 3. The maximum atomic E-state index is 12.8. The van der Waals surface area contributed by atoms with E-state index in [2.05, 4.69) is 0 Å². The first-order valence-electron chi connectivity index (χ1n) is 5.27. The molecule has 1 aliphatic heterocycles. The fourth-order valence-electron chi connectivity index (χ4n) is 1.42. The van der Waals surface area contributed by atoms with Gasteiger partial charge in [-0.05, 0) is 31.2 Å². The fourth-order valence-corrected chi connectivity index (χ4v) is 2.64. The summed E-state index contributed by atoms with van der Waals surface area (Å²) < 4.78 is 18.3. The Kier molecular flexibility index (Phi) is 3.98. The van der Waals surface area contributed by atoms with Gasteiger partial charge in [0.15, 0.2) is 4.32 Å². The summed E-state index contributed by atoms with van der Waals surface area (Å²) in [5, 5.41) is 0. The molecule has 1 aliphatic rings. The Morgan fingerprint density at radius 2 is 2.11 bits per heavy atom. The molecule has 2 rings (SSSR count). The van der Waals surface area contributed by atoms with Crippen molar-refractivity contribution >= 4 is 39.9 Å². The van der Waals surface area contributed by atoms with Crippen LogP contribution < -0.4 is 4.90 Å². The Morgan fingerprint density at radius 1 is 1.44 bits per heavy atom. The van der Waals surface area contributed by atoms with E-state index in [4.69, 9.17) is 17.0 Å². The third-order valence-electron chi connectivity index (χ3n) is 2.24. The zero-order chi connectivity index (χ0) is 13.1.